The summed E-state index contributed by atoms with van der Waals surface area (Å²) in [5, 5.41) is 3.29. The van der Waals surface area contributed by atoms with Gasteiger partial charge in [0.05, 0.1) is 0 Å². The standard InChI is InChI=1S/C10H18N4/c1-2-3-4-9(7-11)14-10-5-6-12-8-13-10/h5-6,8-9H,2-4,7,11H2,1H3,(H,12,13,14). The number of unbranched alkanes of at least 4 members (excludes halogenated alkanes) is 1. The maximum atomic E-state index is 5.66. The lowest BCUT2D eigenvalue weighted by molar-refractivity contribution is 0.612. The van der Waals surface area contributed by atoms with E-state index >= 15 is 0 Å². The molecule has 0 radical (unpaired) electrons. The number of aromatic nitrogens is 2. The smallest absolute Gasteiger partial charge is 0.129 e. The zero-order valence-corrected chi connectivity index (χ0v) is 8.61. The second kappa shape index (κ2) is 6.32. The van der Waals surface area contributed by atoms with Crippen LogP contribution in [0, 0.1) is 0 Å². The number of rotatable bonds is 6. The van der Waals surface area contributed by atoms with Gasteiger partial charge in [0.25, 0.3) is 0 Å². The highest BCUT2D eigenvalue weighted by Gasteiger charge is 2.05. The van der Waals surface area contributed by atoms with Crippen molar-refractivity contribution >= 4 is 5.82 Å². The molecular weight excluding hydrogens is 176 g/mol. The van der Waals surface area contributed by atoms with Gasteiger partial charge in [0.15, 0.2) is 0 Å². The van der Waals surface area contributed by atoms with Gasteiger partial charge in [-0.05, 0) is 12.5 Å². The SMILES string of the molecule is CCCCC(CN)Nc1ccncn1. The van der Waals surface area contributed by atoms with Gasteiger partial charge in [-0.1, -0.05) is 19.8 Å². The Morgan fingerprint density at radius 2 is 2.43 bits per heavy atom. The van der Waals surface area contributed by atoms with Crippen LogP contribution in [-0.4, -0.2) is 22.6 Å². The van der Waals surface area contributed by atoms with Crippen molar-refractivity contribution in [3.8, 4) is 0 Å². The minimum Gasteiger partial charge on any atom is -0.366 e. The summed E-state index contributed by atoms with van der Waals surface area (Å²) >= 11 is 0. The normalized spacial score (nSPS) is 12.4. The summed E-state index contributed by atoms with van der Waals surface area (Å²) in [6.45, 7) is 2.82. The van der Waals surface area contributed by atoms with Crippen LogP contribution in [0.3, 0.4) is 0 Å². The van der Waals surface area contributed by atoms with Crippen molar-refractivity contribution < 1.29 is 0 Å². The average molecular weight is 194 g/mol. The summed E-state index contributed by atoms with van der Waals surface area (Å²) in [4.78, 5) is 7.96. The molecule has 1 rings (SSSR count). The Hall–Kier alpha value is -1.16. The fourth-order valence-electron chi connectivity index (χ4n) is 1.28. The predicted molar refractivity (Wildman–Crippen MR) is 58.0 cm³/mol. The van der Waals surface area contributed by atoms with E-state index in [0.29, 0.717) is 12.6 Å². The Morgan fingerprint density at radius 3 is 3.00 bits per heavy atom. The summed E-state index contributed by atoms with van der Waals surface area (Å²) in [6, 6.07) is 2.18. The highest BCUT2D eigenvalue weighted by molar-refractivity contribution is 5.32. The lowest BCUT2D eigenvalue weighted by atomic mass is 10.1. The van der Waals surface area contributed by atoms with Crippen molar-refractivity contribution in [2.24, 2.45) is 5.73 Å². The second-order valence-corrected chi connectivity index (χ2v) is 3.31. The van der Waals surface area contributed by atoms with Gasteiger partial charge in [-0.2, -0.15) is 0 Å². The molecule has 1 atom stereocenters. The van der Waals surface area contributed by atoms with Crippen LogP contribution >= 0.6 is 0 Å². The lowest BCUT2D eigenvalue weighted by Gasteiger charge is -2.16. The molecule has 1 aromatic rings. The van der Waals surface area contributed by atoms with Gasteiger partial charge in [-0.15, -0.1) is 0 Å². The van der Waals surface area contributed by atoms with Gasteiger partial charge in [0, 0.05) is 18.8 Å². The Morgan fingerprint density at radius 1 is 1.57 bits per heavy atom. The average Bonchev–Trinajstić information content (AvgIpc) is 2.25. The monoisotopic (exact) mass is 194 g/mol. The quantitative estimate of drug-likeness (QED) is 0.718. The molecule has 0 aliphatic heterocycles. The van der Waals surface area contributed by atoms with E-state index in [1.807, 2.05) is 6.07 Å². The largest absolute Gasteiger partial charge is 0.366 e. The van der Waals surface area contributed by atoms with E-state index in [9.17, 15) is 0 Å². The third-order valence-electron chi connectivity index (χ3n) is 2.12. The van der Waals surface area contributed by atoms with Crippen molar-refractivity contribution in [3.63, 3.8) is 0 Å². The molecule has 3 N–H and O–H groups in total. The minimum atomic E-state index is 0.324. The molecule has 0 spiro atoms. The number of hydrogen-bond donors (Lipinski definition) is 2. The fourth-order valence-corrected chi connectivity index (χ4v) is 1.28. The number of anilines is 1. The zero-order chi connectivity index (χ0) is 10.2. The van der Waals surface area contributed by atoms with Crippen LogP contribution in [0.5, 0.6) is 0 Å². The van der Waals surface area contributed by atoms with Crippen LogP contribution in [0.2, 0.25) is 0 Å². The molecule has 0 saturated carbocycles. The van der Waals surface area contributed by atoms with Crippen molar-refractivity contribution in [3.05, 3.63) is 18.6 Å². The summed E-state index contributed by atoms with van der Waals surface area (Å²) in [5.41, 5.74) is 5.66. The molecule has 0 bridgehead atoms. The molecule has 1 unspecified atom stereocenters. The van der Waals surface area contributed by atoms with Crippen LogP contribution in [-0.2, 0) is 0 Å². The first-order chi connectivity index (χ1) is 6.86. The van der Waals surface area contributed by atoms with Crippen molar-refractivity contribution in [2.75, 3.05) is 11.9 Å². The topological polar surface area (TPSA) is 63.8 Å². The molecule has 1 heterocycles. The minimum absolute atomic E-state index is 0.324. The highest BCUT2D eigenvalue weighted by atomic mass is 15.0. The third-order valence-corrected chi connectivity index (χ3v) is 2.12. The van der Waals surface area contributed by atoms with Gasteiger partial charge in [0.2, 0.25) is 0 Å². The van der Waals surface area contributed by atoms with Gasteiger partial charge in [-0.25, -0.2) is 9.97 Å². The molecule has 0 aliphatic carbocycles. The number of nitrogens with zero attached hydrogens (tertiary/aromatic N) is 2. The van der Waals surface area contributed by atoms with Crippen LogP contribution in [0.25, 0.3) is 0 Å². The van der Waals surface area contributed by atoms with E-state index in [4.69, 9.17) is 5.73 Å². The van der Waals surface area contributed by atoms with Crippen molar-refractivity contribution in [1.29, 1.82) is 0 Å². The van der Waals surface area contributed by atoms with Gasteiger partial charge < -0.3 is 11.1 Å². The molecule has 78 valence electrons. The molecule has 1 aromatic heterocycles. The maximum Gasteiger partial charge on any atom is 0.129 e. The maximum absolute atomic E-state index is 5.66. The van der Waals surface area contributed by atoms with Crippen LogP contribution < -0.4 is 11.1 Å². The van der Waals surface area contributed by atoms with E-state index in [0.717, 1.165) is 12.2 Å². The van der Waals surface area contributed by atoms with E-state index in [2.05, 4.69) is 22.2 Å². The summed E-state index contributed by atoms with van der Waals surface area (Å²) in [5.74, 6) is 0.853. The first-order valence-electron chi connectivity index (χ1n) is 5.09. The molecule has 4 nitrogen and oxygen atoms in total. The molecule has 0 fully saturated rings. The van der Waals surface area contributed by atoms with Crippen LogP contribution in [0.4, 0.5) is 5.82 Å². The molecule has 0 aliphatic rings. The Balaban J connectivity index is 2.40. The van der Waals surface area contributed by atoms with Gasteiger partial charge >= 0.3 is 0 Å². The van der Waals surface area contributed by atoms with Crippen LogP contribution in [0.1, 0.15) is 26.2 Å². The predicted octanol–water partition coefficient (Wildman–Crippen LogP) is 1.41. The highest BCUT2D eigenvalue weighted by Crippen LogP contribution is 2.06. The number of nitrogens with two attached hydrogens (primary N) is 1. The third kappa shape index (κ3) is 3.70. The van der Waals surface area contributed by atoms with Gasteiger partial charge in [-0.3, -0.25) is 0 Å². The Kier molecular flexibility index (Phi) is 4.93. The summed E-state index contributed by atoms with van der Waals surface area (Å²) < 4.78 is 0. The Bertz CT molecular complexity index is 237. The van der Waals surface area contributed by atoms with E-state index in [-0.39, 0.29) is 0 Å². The Labute approximate surface area is 85.0 Å². The molecular formula is C10H18N4. The summed E-state index contributed by atoms with van der Waals surface area (Å²) in [7, 11) is 0. The number of nitrogens with one attached hydrogen (secondary N) is 1. The second-order valence-electron chi connectivity index (χ2n) is 3.31. The van der Waals surface area contributed by atoms with Crippen molar-refractivity contribution in [2.45, 2.75) is 32.2 Å². The van der Waals surface area contributed by atoms with E-state index < -0.39 is 0 Å². The number of hydrogen-bond acceptors (Lipinski definition) is 4. The summed E-state index contributed by atoms with van der Waals surface area (Å²) in [6.07, 6.45) is 6.75. The molecule has 4 heteroatoms. The first kappa shape index (κ1) is 10.9. The zero-order valence-electron chi connectivity index (χ0n) is 8.61. The van der Waals surface area contributed by atoms with E-state index in [1.165, 1.54) is 19.2 Å². The lowest BCUT2D eigenvalue weighted by Crippen LogP contribution is -2.29. The first-order valence-corrected chi connectivity index (χ1v) is 5.09. The van der Waals surface area contributed by atoms with Gasteiger partial charge in [0.1, 0.15) is 12.1 Å². The molecule has 14 heavy (non-hydrogen) atoms. The van der Waals surface area contributed by atoms with Crippen molar-refractivity contribution in [1.82, 2.24) is 9.97 Å². The van der Waals surface area contributed by atoms with E-state index in [1.54, 1.807) is 6.20 Å². The molecule has 0 amide bonds. The molecule has 0 saturated heterocycles. The fraction of sp³-hybridized carbons (Fsp3) is 0.600. The molecule has 0 aromatic carbocycles. The van der Waals surface area contributed by atoms with Crippen LogP contribution in [0.15, 0.2) is 18.6 Å².